The summed E-state index contributed by atoms with van der Waals surface area (Å²) in [6, 6.07) is 3.70. The fraction of sp³-hybridized carbons (Fsp3) is 0.500. The molecule has 0 radical (unpaired) electrons. The minimum absolute atomic E-state index is 0.454. The van der Waals surface area contributed by atoms with Crippen molar-refractivity contribution in [2.75, 3.05) is 4.90 Å². The third kappa shape index (κ3) is 2.11. The maximum atomic E-state index is 14.7. The second-order valence-corrected chi connectivity index (χ2v) is 7.79. The van der Waals surface area contributed by atoms with Crippen LogP contribution in [0.25, 0.3) is 0 Å². The zero-order valence-corrected chi connectivity index (χ0v) is 15.0. The third-order valence-corrected chi connectivity index (χ3v) is 6.22. The molecule has 7 nitrogen and oxygen atoms in total. The van der Waals surface area contributed by atoms with Gasteiger partial charge in [-0.3, -0.25) is 9.59 Å². The Balaban J connectivity index is 1.84. The number of nitriles is 1. The minimum Gasteiger partial charge on any atom is -0.361 e. The Morgan fingerprint density at radius 3 is 2.31 bits per heavy atom. The van der Waals surface area contributed by atoms with Gasteiger partial charge in [0.05, 0.1) is 34.7 Å². The summed E-state index contributed by atoms with van der Waals surface area (Å²) in [5, 5.41) is 29.3. The van der Waals surface area contributed by atoms with Crippen LogP contribution in [0.5, 0.6) is 0 Å². The van der Waals surface area contributed by atoms with E-state index in [0.29, 0.717) is 11.0 Å². The average molecular weight is 414 g/mol. The SMILES string of the molecule is CC12OC(C)(C3C(=O)N(c4ccc(C#N)c(C(F)(F)F)c4)C(=O)[C@@H]31)C(O)(O)[C@H]2F. The molecule has 3 fully saturated rings. The summed E-state index contributed by atoms with van der Waals surface area (Å²) in [5.41, 5.74) is -6.72. The van der Waals surface area contributed by atoms with Crippen molar-refractivity contribution in [1.82, 2.24) is 0 Å². The largest absolute Gasteiger partial charge is 0.417 e. The van der Waals surface area contributed by atoms with Gasteiger partial charge in [-0.05, 0) is 32.0 Å². The Morgan fingerprint density at radius 2 is 1.76 bits per heavy atom. The monoisotopic (exact) mass is 414 g/mol. The summed E-state index contributed by atoms with van der Waals surface area (Å²) in [5.74, 6) is -8.08. The van der Waals surface area contributed by atoms with Gasteiger partial charge in [0.1, 0.15) is 11.2 Å². The van der Waals surface area contributed by atoms with E-state index in [2.05, 4.69) is 0 Å². The lowest BCUT2D eigenvalue weighted by Crippen LogP contribution is -2.64. The van der Waals surface area contributed by atoms with E-state index in [9.17, 15) is 37.4 Å². The highest BCUT2D eigenvalue weighted by molar-refractivity contribution is 6.23. The average Bonchev–Trinajstić information content (AvgIpc) is 3.09. The fourth-order valence-corrected chi connectivity index (χ4v) is 4.81. The molecule has 4 rings (SSSR count). The second-order valence-electron chi connectivity index (χ2n) is 7.79. The van der Waals surface area contributed by atoms with Crippen molar-refractivity contribution in [3.05, 3.63) is 29.3 Å². The molecule has 5 atom stereocenters. The lowest BCUT2D eigenvalue weighted by Gasteiger charge is -2.40. The van der Waals surface area contributed by atoms with Crippen LogP contribution >= 0.6 is 0 Å². The van der Waals surface area contributed by atoms with Gasteiger partial charge in [0.2, 0.25) is 17.6 Å². The van der Waals surface area contributed by atoms with Crippen LogP contribution in [0.4, 0.5) is 23.2 Å². The van der Waals surface area contributed by atoms with Crippen molar-refractivity contribution >= 4 is 17.5 Å². The molecule has 0 spiro atoms. The summed E-state index contributed by atoms with van der Waals surface area (Å²) in [6.07, 6.45) is -7.34. The molecule has 3 aliphatic heterocycles. The molecular formula is C18H14F4N2O5. The molecule has 29 heavy (non-hydrogen) atoms. The van der Waals surface area contributed by atoms with Gasteiger partial charge < -0.3 is 14.9 Å². The van der Waals surface area contributed by atoms with Crippen molar-refractivity contribution in [2.45, 2.75) is 43.2 Å². The van der Waals surface area contributed by atoms with Crippen LogP contribution in [0.3, 0.4) is 0 Å². The number of rotatable bonds is 1. The van der Waals surface area contributed by atoms with Crippen molar-refractivity contribution in [3.63, 3.8) is 0 Å². The van der Waals surface area contributed by atoms with Gasteiger partial charge in [-0.25, -0.2) is 9.29 Å². The zero-order chi connectivity index (χ0) is 21.7. The zero-order valence-electron chi connectivity index (χ0n) is 15.0. The van der Waals surface area contributed by atoms with Crippen LogP contribution in [0.2, 0.25) is 0 Å². The summed E-state index contributed by atoms with van der Waals surface area (Å²) < 4.78 is 59.9. The summed E-state index contributed by atoms with van der Waals surface area (Å²) in [6.45, 7) is 2.19. The number of halogens is 4. The number of benzene rings is 1. The Labute approximate surface area is 161 Å². The van der Waals surface area contributed by atoms with E-state index in [1.54, 1.807) is 0 Å². The molecular weight excluding hydrogens is 400 g/mol. The summed E-state index contributed by atoms with van der Waals surface area (Å²) in [7, 11) is 0. The van der Waals surface area contributed by atoms with Gasteiger partial charge in [-0.1, -0.05) is 0 Å². The highest BCUT2D eigenvalue weighted by atomic mass is 19.4. The van der Waals surface area contributed by atoms with Crippen LogP contribution in [-0.4, -0.2) is 45.2 Å². The second kappa shape index (κ2) is 5.33. The van der Waals surface area contributed by atoms with Gasteiger partial charge in [-0.2, -0.15) is 18.4 Å². The topological polar surface area (TPSA) is 111 Å². The molecule has 154 valence electrons. The number of hydrogen-bond acceptors (Lipinski definition) is 6. The standard InChI is InChI=1S/C18H14F4N2O5/c1-15-10-11(16(2,29-15)17(27,28)14(15)19)13(26)24(12(10)25)8-4-3-7(6-23)9(5-8)18(20,21)22/h3-5,10-11,14,27-28H,1-2H3/t10-,11?,14+,15?,16?/m1/s1. The molecule has 3 heterocycles. The van der Waals surface area contributed by atoms with Crippen molar-refractivity contribution in [2.24, 2.45) is 11.8 Å². The number of hydrogen-bond donors (Lipinski definition) is 2. The molecule has 3 saturated heterocycles. The Hall–Kier alpha value is -2.55. The van der Waals surface area contributed by atoms with Gasteiger partial charge in [0, 0.05) is 0 Å². The first-order chi connectivity index (χ1) is 13.2. The Bertz CT molecular complexity index is 1000. The van der Waals surface area contributed by atoms with Gasteiger partial charge >= 0.3 is 6.18 Å². The first kappa shape index (κ1) is 19.8. The van der Waals surface area contributed by atoms with E-state index in [1.165, 1.54) is 6.07 Å². The number of carbonyl (C=O) groups is 2. The number of carbonyl (C=O) groups excluding carboxylic acids is 2. The smallest absolute Gasteiger partial charge is 0.361 e. The first-order valence-electron chi connectivity index (χ1n) is 8.50. The number of anilines is 1. The molecule has 1 aromatic rings. The lowest BCUT2D eigenvalue weighted by molar-refractivity contribution is -0.266. The van der Waals surface area contributed by atoms with Gasteiger partial charge in [0.25, 0.3) is 0 Å². The minimum atomic E-state index is -4.92. The van der Waals surface area contributed by atoms with E-state index in [0.717, 1.165) is 26.0 Å². The lowest BCUT2D eigenvalue weighted by atomic mass is 9.65. The quantitative estimate of drug-likeness (QED) is 0.407. The van der Waals surface area contributed by atoms with Crippen LogP contribution in [0, 0.1) is 23.2 Å². The van der Waals surface area contributed by atoms with Crippen LogP contribution in [0.1, 0.15) is 25.0 Å². The van der Waals surface area contributed by atoms with Gasteiger partial charge in [0.15, 0.2) is 6.17 Å². The predicted molar refractivity (Wildman–Crippen MR) is 85.6 cm³/mol. The number of imide groups is 1. The molecule has 2 amide bonds. The maximum absolute atomic E-state index is 14.7. The number of aliphatic hydroxyl groups is 2. The van der Waals surface area contributed by atoms with E-state index in [1.807, 2.05) is 0 Å². The normalized spacial score (nSPS) is 37.8. The van der Waals surface area contributed by atoms with Crippen molar-refractivity contribution < 1.29 is 42.1 Å². The molecule has 0 saturated carbocycles. The molecule has 2 N–H and O–H groups in total. The van der Waals surface area contributed by atoms with Gasteiger partial charge in [-0.15, -0.1) is 0 Å². The van der Waals surface area contributed by atoms with Crippen LogP contribution in [0.15, 0.2) is 18.2 Å². The molecule has 1 aromatic carbocycles. The van der Waals surface area contributed by atoms with E-state index in [-0.39, 0.29) is 0 Å². The molecule has 3 unspecified atom stereocenters. The highest BCUT2D eigenvalue weighted by Gasteiger charge is 2.85. The predicted octanol–water partition coefficient (Wildman–Crippen LogP) is 1.26. The molecule has 11 heteroatoms. The van der Waals surface area contributed by atoms with Crippen LogP contribution < -0.4 is 4.90 Å². The highest BCUT2D eigenvalue weighted by Crippen LogP contribution is 2.64. The maximum Gasteiger partial charge on any atom is 0.417 e. The van der Waals surface area contributed by atoms with E-state index < -0.39 is 69.8 Å². The summed E-state index contributed by atoms with van der Waals surface area (Å²) in [4.78, 5) is 26.4. The number of alkyl halides is 4. The van der Waals surface area contributed by atoms with Crippen molar-refractivity contribution in [3.8, 4) is 6.07 Å². The third-order valence-electron chi connectivity index (χ3n) is 6.22. The number of amides is 2. The summed E-state index contributed by atoms with van der Waals surface area (Å²) >= 11 is 0. The molecule has 3 aliphatic rings. The van der Waals surface area contributed by atoms with Crippen LogP contribution in [-0.2, 0) is 20.5 Å². The number of nitrogens with zero attached hydrogens (tertiary/aromatic N) is 2. The van der Waals surface area contributed by atoms with E-state index >= 15 is 0 Å². The molecule has 2 bridgehead atoms. The van der Waals surface area contributed by atoms with E-state index in [4.69, 9.17) is 10.00 Å². The Morgan fingerprint density at radius 1 is 1.17 bits per heavy atom. The fourth-order valence-electron chi connectivity index (χ4n) is 4.81. The number of fused-ring (bicyclic) bond motifs is 5. The molecule has 0 aliphatic carbocycles. The number of ether oxygens (including phenoxy) is 1. The molecule has 0 aromatic heterocycles. The Kier molecular flexibility index (Phi) is 3.63. The van der Waals surface area contributed by atoms with Crippen molar-refractivity contribution in [1.29, 1.82) is 5.26 Å². The first-order valence-corrected chi connectivity index (χ1v) is 8.50.